The first-order chi connectivity index (χ1) is 14.8. The molecule has 1 aromatic rings. The molecule has 5 rings (SSSR count). The summed E-state index contributed by atoms with van der Waals surface area (Å²) in [7, 11) is 0. The highest BCUT2D eigenvalue weighted by Crippen LogP contribution is 2.66. The summed E-state index contributed by atoms with van der Waals surface area (Å²) in [6.07, 6.45) is 9.41. The van der Waals surface area contributed by atoms with E-state index in [2.05, 4.69) is 44.2 Å². The van der Waals surface area contributed by atoms with E-state index in [0.29, 0.717) is 30.1 Å². The van der Waals surface area contributed by atoms with Crippen molar-refractivity contribution in [2.24, 2.45) is 34.5 Å². The predicted molar refractivity (Wildman–Crippen MR) is 122 cm³/mol. The minimum atomic E-state index is -0.306. The average molecular weight is 423 g/mol. The van der Waals surface area contributed by atoms with Crippen molar-refractivity contribution in [1.82, 2.24) is 0 Å². The highest BCUT2D eigenvalue weighted by molar-refractivity contribution is 5.79. The number of allylic oxidation sites excluding steroid dienone is 1. The van der Waals surface area contributed by atoms with Gasteiger partial charge in [0, 0.05) is 17.8 Å². The van der Waals surface area contributed by atoms with Gasteiger partial charge in [-0.2, -0.15) is 0 Å². The van der Waals surface area contributed by atoms with E-state index in [9.17, 15) is 9.90 Å². The molecule has 0 radical (unpaired) electrons. The quantitative estimate of drug-likeness (QED) is 0.632. The third-order valence-corrected chi connectivity index (χ3v) is 9.93. The number of carbonyl (C=O) groups excluding carboxylic acids is 1. The molecular formula is C28H38O3. The Morgan fingerprint density at radius 1 is 1.13 bits per heavy atom. The lowest BCUT2D eigenvalue weighted by Gasteiger charge is -2.59. The minimum Gasteiger partial charge on any atom is -0.393 e. The molecule has 31 heavy (non-hydrogen) atoms. The number of Topliss-reactive ketones (excluding diaryl/α,β-unsaturated/α-hetero) is 1. The second kappa shape index (κ2) is 7.85. The van der Waals surface area contributed by atoms with Gasteiger partial charge in [-0.05, 0) is 74.2 Å². The van der Waals surface area contributed by atoms with Crippen LogP contribution in [0.2, 0.25) is 0 Å². The Labute approximate surface area is 187 Å². The van der Waals surface area contributed by atoms with Crippen molar-refractivity contribution < 1.29 is 14.6 Å². The van der Waals surface area contributed by atoms with Crippen LogP contribution >= 0.6 is 0 Å². The van der Waals surface area contributed by atoms with Gasteiger partial charge < -0.3 is 9.84 Å². The average Bonchev–Trinajstić information content (AvgIpc) is 3.11. The second-order valence-electron chi connectivity index (χ2n) is 11.3. The van der Waals surface area contributed by atoms with Crippen LogP contribution in [0.1, 0.15) is 71.3 Å². The molecule has 3 nitrogen and oxygen atoms in total. The zero-order chi connectivity index (χ0) is 21.8. The van der Waals surface area contributed by atoms with Crippen molar-refractivity contribution in [3.05, 3.63) is 47.5 Å². The lowest BCUT2D eigenvalue weighted by molar-refractivity contribution is -0.140. The van der Waals surface area contributed by atoms with Crippen molar-refractivity contribution in [3.63, 3.8) is 0 Å². The van der Waals surface area contributed by atoms with Crippen molar-refractivity contribution in [1.29, 1.82) is 0 Å². The van der Waals surface area contributed by atoms with Gasteiger partial charge in [0.05, 0.1) is 18.8 Å². The first-order valence-electron chi connectivity index (χ1n) is 12.4. The Bertz CT molecular complexity index is 860. The molecule has 3 fully saturated rings. The molecule has 0 saturated heterocycles. The number of hydrogen-bond donors (Lipinski definition) is 1. The third kappa shape index (κ3) is 3.35. The van der Waals surface area contributed by atoms with E-state index in [1.54, 1.807) is 6.92 Å². The van der Waals surface area contributed by atoms with E-state index in [4.69, 9.17) is 4.74 Å². The maximum atomic E-state index is 12.4. The summed E-state index contributed by atoms with van der Waals surface area (Å²) >= 11 is 0. The molecule has 0 aromatic heterocycles. The molecule has 3 saturated carbocycles. The number of ketones is 1. The normalized spacial score (nSPS) is 44.1. The van der Waals surface area contributed by atoms with E-state index in [1.807, 2.05) is 6.07 Å². The molecule has 1 aromatic carbocycles. The Kier molecular flexibility index (Phi) is 5.42. The Hall–Kier alpha value is -1.45. The summed E-state index contributed by atoms with van der Waals surface area (Å²) in [5.41, 5.74) is 2.78. The van der Waals surface area contributed by atoms with Crippen molar-refractivity contribution in [3.8, 4) is 0 Å². The van der Waals surface area contributed by atoms with Crippen LogP contribution in [-0.2, 0) is 16.1 Å². The maximum absolute atomic E-state index is 12.4. The fraction of sp³-hybridized carbons (Fsp3) is 0.679. The number of benzene rings is 1. The molecule has 0 heterocycles. The third-order valence-electron chi connectivity index (χ3n) is 9.93. The predicted octanol–water partition coefficient (Wildman–Crippen LogP) is 5.71. The molecule has 0 spiro atoms. The van der Waals surface area contributed by atoms with Crippen molar-refractivity contribution >= 4 is 5.78 Å². The summed E-state index contributed by atoms with van der Waals surface area (Å²) in [6, 6.07) is 10.4. The van der Waals surface area contributed by atoms with Crippen LogP contribution < -0.4 is 0 Å². The molecule has 0 amide bonds. The Morgan fingerprint density at radius 2 is 1.90 bits per heavy atom. The van der Waals surface area contributed by atoms with Gasteiger partial charge in [0.1, 0.15) is 5.78 Å². The Morgan fingerprint density at radius 3 is 2.65 bits per heavy atom. The monoisotopic (exact) mass is 422 g/mol. The van der Waals surface area contributed by atoms with Gasteiger partial charge in [0.2, 0.25) is 0 Å². The van der Waals surface area contributed by atoms with Crippen molar-refractivity contribution in [2.75, 3.05) is 0 Å². The molecule has 0 bridgehead atoms. The number of aliphatic hydroxyl groups is 1. The van der Waals surface area contributed by atoms with E-state index in [0.717, 1.165) is 32.1 Å². The number of aliphatic hydroxyl groups excluding tert-OH is 1. The van der Waals surface area contributed by atoms with Crippen LogP contribution in [0, 0.1) is 34.5 Å². The summed E-state index contributed by atoms with van der Waals surface area (Å²) in [6.45, 7) is 7.24. The van der Waals surface area contributed by atoms with Gasteiger partial charge in [-0.3, -0.25) is 4.79 Å². The molecule has 168 valence electrons. The lowest BCUT2D eigenvalue weighted by Crippen LogP contribution is -2.56. The lowest BCUT2D eigenvalue weighted by atomic mass is 9.46. The first kappa shape index (κ1) is 21.4. The van der Waals surface area contributed by atoms with Crippen LogP contribution in [0.5, 0.6) is 0 Å². The summed E-state index contributed by atoms with van der Waals surface area (Å²) < 4.78 is 6.60. The number of rotatable bonds is 4. The molecule has 3 heteroatoms. The molecule has 0 aliphatic heterocycles. The van der Waals surface area contributed by atoms with Gasteiger partial charge >= 0.3 is 0 Å². The van der Waals surface area contributed by atoms with Gasteiger partial charge in [-0.15, -0.1) is 0 Å². The molecule has 2 unspecified atom stereocenters. The topological polar surface area (TPSA) is 46.5 Å². The molecular weight excluding hydrogens is 384 g/mol. The summed E-state index contributed by atoms with van der Waals surface area (Å²) in [5.74, 6) is 2.50. The second-order valence-corrected chi connectivity index (χ2v) is 11.3. The van der Waals surface area contributed by atoms with Crippen LogP contribution in [-0.4, -0.2) is 23.1 Å². The number of carbonyl (C=O) groups is 1. The number of ether oxygens (including phenoxy) is 1. The minimum absolute atomic E-state index is 0.00737. The van der Waals surface area contributed by atoms with Crippen molar-refractivity contribution in [2.45, 2.75) is 84.5 Å². The van der Waals surface area contributed by atoms with E-state index < -0.39 is 0 Å². The van der Waals surface area contributed by atoms with Crippen LogP contribution in [0.3, 0.4) is 0 Å². The smallest absolute Gasteiger partial charge is 0.133 e. The molecule has 8 atom stereocenters. The molecule has 1 N–H and O–H groups in total. The van der Waals surface area contributed by atoms with E-state index in [1.165, 1.54) is 24.0 Å². The SMILES string of the molecule is CC(=O)[C@H]1CC[C@H]2[C@@H]3CC=C4CC(O)CC(OCc5ccccc5)[C@]4(C)[C@H]3CC[C@]12C. The van der Waals surface area contributed by atoms with E-state index in [-0.39, 0.29) is 29.0 Å². The number of fused-ring (bicyclic) bond motifs is 5. The van der Waals surface area contributed by atoms with Crippen LogP contribution in [0.4, 0.5) is 0 Å². The summed E-state index contributed by atoms with van der Waals surface area (Å²) in [5, 5.41) is 10.7. The standard InChI is InChI=1S/C28H38O3/c1-18(29)23-11-12-24-22-10-9-20-15-21(30)16-26(31-17-19-7-5-4-6-8-19)28(20,3)25(22)13-14-27(23,24)2/h4-9,21-26,30H,10-17H2,1-3H3/t21?,22-,23+,24-,25-,26?,27+,28-/m0/s1. The fourth-order valence-electron chi connectivity index (χ4n) is 8.36. The zero-order valence-corrected chi connectivity index (χ0v) is 19.3. The summed E-state index contributed by atoms with van der Waals surface area (Å²) in [4.78, 5) is 12.4. The fourth-order valence-corrected chi connectivity index (χ4v) is 8.36. The first-order valence-corrected chi connectivity index (χ1v) is 12.4. The van der Waals surface area contributed by atoms with Gasteiger partial charge in [0.25, 0.3) is 0 Å². The van der Waals surface area contributed by atoms with Crippen LogP contribution in [0.25, 0.3) is 0 Å². The highest BCUT2D eigenvalue weighted by Gasteiger charge is 2.61. The zero-order valence-electron chi connectivity index (χ0n) is 19.3. The van der Waals surface area contributed by atoms with Gasteiger partial charge in [0.15, 0.2) is 0 Å². The maximum Gasteiger partial charge on any atom is 0.133 e. The highest BCUT2D eigenvalue weighted by atomic mass is 16.5. The Balaban J connectivity index is 1.44. The van der Waals surface area contributed by atoms with Gasteiger partial charge in [-0.25, -0.2) is 0 Å². The molecule has 4 aliphatic carbocycles. The van der Waals surface area contributed by atoms with E-state index >= 15 is 0 Å². The van der Waals surface area contributed by atoms with Crippen LogP contribution in [0.15, 0.2) is 42.0 Å². The number of hydrogen-bond acceptors (Lipinski definition) is 3. The molecule has 4 aliphatic rings. The van der Waals surface area contributed by atoms with Gasteiger partial charge in [-0.1, -0.05) is 55.8 Å². The largest absolute Gasteiger partial charge is 0.393 e.